The first-order chi connectivity index (χ1) is 8.24. The number of carbonyl (C=O) groups is 2. The van der Waals surface area contributed by atoms with Crippen molar-refractivity contribution < 1.29 is 14.7 Å². The van der Waals surface area contributed by atoms with Gasteiger partial charge in [0.25, 0.3) is 5.91 Å². The fourth-order valence-electron chi connectivity index (χ4n) is 1.26. The van der Waals surface area contributed by atoms with Gasteiger partial charge in [0.15, 0.2) is 0 Å². The molecule has 5 nitrogen and oxygen atoms in total. The van der Waals surface area contributed by atoms with Gasteiger partial charge in [-0.25, -0.2) is 0 Å². The molecule has 0 saturated heterocycles. The maximum atomic E-state index is 11.6. The minimum Gasteiger partial charge on any atom is -0.395 e. The number of benzene rings is 1. The van der Waals surface area contributed by atoms with E-state index in [0.29, 0.717) is 5.56 Å². The number of aliphatic hydroxyl groups is 1. The Morgan fingerprint density at radius 2 is 1.76 bits per heavy atom. The van der Waals surface area contributed by atoms with Gasteiger partial charge >= 0.3 is 0 Å². The lowest BCUT2D eigenvalue weighted by Crippen LogP contribution is -2.31. The molecule has 0 aliphatic heterocycles. The van der Waals surface area contributed by atoms with Crippen LogP contribution in [0.4, 0.5) is 0 Å². The molecule has 0 aliphatic carbocycles. The Balaban J connectivity index is 2.23. The Morgan fingerprint density at radius 1 is 1.06 bits per heavy atom. The molecule has 92 valence electrons. The van der Waals surface area contributed by atoms with Crippen LogP contribution in [0.15, 0.2) is 30.3 Å². The van der Waals surface area contributed by atoms with Crippen molar-refractivity contribution >= 4 is 11.8 Å². The van der Waals surface area contributed by atoms with E-state index in [1.54, 1.807) is 24.3 Å². The topological polar surface area (TPSA) is 78.4 Å². The number of rotatable bonds is 6. The monoisotopic (exact) mass is 236 g/mol. The summed E-state index contributed by atoms with van der Waals surface area (Å²) in [6, 6.07) is 8.81. The summed E-state index contributed by atoms with van der Waals surface area (Å²) in [5.41, 5.74) is 0.572. The molecule has 0 aromatic heterocycles. The number of hydrogen-bond donors (Lipinski definition) is 3. The van der Waals surface area contributed by atoms with E-state index in [-0.39, 0.29) is 37.9 Å². The highest BCUT2D eigenvalue weighted by Crippen LogP contribution is 1.97. The quantitative estimate of drug-likeness (QED) is 0.646. The van der Waals surface area contributed by atoms with Crippen LogP contribution in [0.3, 0.4) is 0 Å². The van der Waals surface area contributed by atoms with Gasteiger partial charge in [-0.2, -0.15) is 0 Å². The summed E-state index contributed by atoms with van der Waals surface area (Å²) in [4.78, 5) is 22.7. The average molecular weight is 236 g/mol. The van der Waals surface area contributed by atoms with Gasteiger partial charge in [0, 0.05) is 25.1 Å². The molecule has 1 aromatic rings. The highest BCUT2D eigenvalue weighted by atomic mass is 16.3. The zero-order valence-corrected chi connectivity index (χ0v) is 9.48. The third-order valence-electron chi connectivity index (χ3n) is 2.11. The Hall–Kier alpha value is -1.88. The lowest BCUT2D eigenvalue weighted by atomic mass is 10.2. The Kier molecular flexibility index (Phi) is 5.74. The molecule has 0 heterocycles. The zero-order valence-electron chi connectivity index (χ0n) is 9.48. The fourth-order valence-corrected chi connectivity index (χ4v) is 1.26. The van der Waals surface area contributed by atoms with Crippen molar-refractivity contribution in [3.8, 4) is 0 Å². The van der Waals surface area contributed by atoms with Crippen LogP contribution in [0.5, 0.6) is 0 Å². The van der Waals surface area contributed by atoms with Crippen LogP contribution in [-0.4, -0.2) is 36.6 Å². The van der Waals surface area contributed by atoms with Crippen molar-refractivity contribution in [3.63, 3.8) is 0 Å². The van der Waals surface area contributed by atoms with Crippen LogP contribution in [0, 0.1) is 0 Å². The minimum atomic E-state index is -0.194. The molecule has 0 atom stereocenters. The molecule has 1 rings (SSSR count). The lowest BCUT2D eigenvalue weighted by molar-refractivity contribution is -0.121. The molecule has 0 radical (unpaired) electrons. The maximum Gasteiger partial charge on any atom is 0.251 e. The van der Waals surface area contributed by atoms with Gasteiger partial charge in [0.05, 0.1) is 6.61 Å². The first-order valence-electron chi connectivity index (χ1n) is 5.45. The predicted octanol–water partition coefficient (Wildman–Crippen LogP) is -0.0850. The van der Waals surface area contributed by atoms with Crippen LogP contribution >= 0.6 is 0 Å². The van der Waals surface area contributed by atoms with E-state index in [1.165, 1.54) is 0 Å². The first-order valence-corrected chi connectivity index (χ1v) is 5.45. The number of nitrogens with one attached hydrogen (secondary N) is 2. The smallest absolute Gasteiger partial charge is 0.251 e. The summed E-state index contributed by atoms with van der Waals surface area (Å²) in [7, 11) is 0. The Labute approximate surface area is 99.8 Å². The number of carbonyl (C=O) groups excluding carboxylic acids is 2. The second-order valence-corrected chi connectivity index (χ2v) is 3.45. The van der Waals surface area contributed by atoms with Crippen LogP contribution in [0.25, 0.3) is 0 Å². The van der Waals surface area contributed by atoms with Crippen LogP contribution in [0.2, 0.25) is 0 Å². The van der Waals surface area contributed by atoms with Gasteiger partial charge in [-0.1, -0.05) is 18.2 Å². The molecule has 0 saturated carbocycles. The molecule has 0 aliphatic rings. The van der Waals surface area contributed by atoms with Crippen LogP contribution in [-0.2, 0) is 4.79 Å². The summed E-state index contributed by atoms with van der Waals surface area (Å²) in [6.45, 7) is 0.443. The van der Waals surface area contributed by atoms with Crippen molar-refractivity contribution in [2.75, 3.05) is 19.7 Å². The second-order valence-electron chi connectivity index (χ2n) is 3.45. The van der Waals surface area contributed by atoms with E-state index in [4.69, 9.17) is 5.11 Å². The second kappa shape index (κ2) is 7.40. The van der Waals surface area contributed by atoms with E-state index in [1.807, 2.05) is 6.07 Å². The highest BCUT2D eigenvalue weighted by molar-refractivity contribution is 5.94. The highest BCUT2D eigenvalue weighted by Gasteiger charge is 2.05. The summed E-state index contributed by atoms with van der Waals surface area (Å²) in [5.74, 6) is -0.382. The summed E-state index contributed by atoms with van der Waals surface area (Å²) >= 11 is 0. The summed E-state index contributed by atoms with van der Waals surface area (Å²) in [5, 5.41) is 13.6. The van der Waals surface area contributed by atoms with Gasteiger partial charge in [-0.05, 0) is 12.1 Å². The molecule has 0 spiro atoms. The van der Waals surface area contributed by atoms with Crippen LogP contribution in [0.1, 0.15) is 16.8 Å². The zero-order chi connectivity index (χ0) is 12.5. The Bertz CT molecular complexity index is 365. The largest absolute Gasteiger partial charge is 0.395 e. The fraction of sp³-hybridized carbons (Fsp3) is 0.333. The van der Waals surface area contributed by atoms with E-state index >= 15 is 0 Å². The third kappa shape index (κ3) is 5.12. The molecule has 0 bridgehead atoms. The first kappa shape index (κ1) is 13.2. The minimum absolute atomic E-state index is 0.0812. The maximum absolute atomic E-state index is 11.6. The van der Waals surface area contributed by atoms with E-state index < -0.39 is 0 Å². The third-order valence-corrected chi connectivity index (χ3v) is 2.11. The number of hydrogen-bond acceptors (Lipinski definition) is 3. The van der Waals surface area contributed by atoms with Gasteiger partial charge in [0.2, 0.25) is 5.91 Å². The number of amides is 2. The molecule has 5 heteroatoms. The van der Waals surface area contributed by atoms with Crippen molar-refractivity contribution in [2.45, 2.75) is 6.42 Å². The number of aliphatic hydroxyl groups excluding tert-OH is 1. The van der Waals surface area contributed by atoms with E-state index in [0.717, 1.165) is 0 Å². The van der Waals surface area contributed by atoms with Gasteiger partial charge in [-0.15, -0.1) is 0 Å². The predicted molar refractivity (Wildman–Crippen MR) is 63.5 cm³/mol. The molecule has 0 unspecified atom stereocenters. The van der Waals surface area contributed by atoms with Crippen molar-refractivity contribution in [1.82, 2.24) is 10.6 Å². The molecular formula is C12H16N2O3. The lowest BCUT2D eigenvalue weighted by Gasteiger charge is -2.05. The van der Waals surface area contributed by atoms with Crippen molar-refractivity contribution in [3.05, 3.63) is 35.9 Å². The Morgan fingerprint density at radius 3 is 2.41 bits per heavy atom. The molecule has 0 fully saturated rings. The summed E-state index contributed by atoms with van der Waals surface area (Å²) < 4.78 is 0. The SMILES string of the molecule is O=C(CCNC(=O)c1ccccc1)NCCO. The normalized spacial score (nSPS) is 9.71. The summed E-state index contributed by atoms with van der Waals surface area (Å²) in [6.07, 6.45) is 0.207. The molecule has 3 N–H and O–H groups in total. The van der Waals surface area contributed by atoms with Crippen molar-refractivity contribution in [2.24, 2.45) is 0 Å². The average Bonchev–Trinajstić information content (AvgIpc) is 2.37. The van der Waals surface area contributed by atoms with Gasteiger partial charge < -0.3 is 15.7 Å². The molecule has 1 aromatic carbocycles. The molecule has 17 heavy (non-hydrogen) atoms. The van der Waals surface area contributed by atoms with Gasteiger partial charge in [-0.3, -0.25) is 9.59 Å². The standard InChI is InChI=1S/C12H16N2O3/c15-9-8-13-11(16)6-7-14-12(17)10-4-2-1-3-5-10/h1-5,15H,6-9H2,(H,13,16)(H,14,17). The van der Waals surface area contributed by atoms with Crippen LogP contribution < -0.4 is 10.6 Å². The van der Waals surface area contributed by atoms with Crippen molar-refractivity contribution in [1.29, 1.82) is 0 Å². The van der Waals surface area contributed by atoms with Gasteiger partial charge in [0.1, 0.15) is 0 Å². The van der Waals surface area contributed by atoms with E-state index in [9.17, 15) is 9.59 Å². The molecular weight excluding hydrogens is 220 g/mol. The van der Waals surface area contributed by atoms with E-state index in [2.05, 4.69) is 10.6 Å². The molecule has 2 amide bonds.